The van der Waals surface area contributed by atoms with Crippen LogP contribution in [0.15, 0.2) is 48.5 Å². The normalized spacial score (nSPS) is 16.7. The van der Waals surface area contributed by atoms with E-state index in [-0.39, 0.29) is 24.2 Å². The quantitative estimate of drug-likeness (QED) is 0.846. The Labute approximate surface area is 160 Å². The van der Waals surface area contributed by atoms with E-state index in [4.69, 9.17) is 4.74 Å². The molecule has 5 heteroatoms. The van der Waals surface area contributed by atoms with Gasteiger partial charge in [0.05, 0.1) is 13.0 Å². The van der Waals surface area contributed by atoms with Crippen molar-refractivity contribution in [2.45, 2.75) is 32.7 Å². The summed E-state index contributed by atoms with van der Waals surface area (Å²) >= 11 is 0. The van der Waals surface area contributed by atoms with E-state index in [0.29, 0.717) is 19.0 Å². The number of hydrogen-bond donors (Lipinski definition) is 1. The van der Waals surface area contributed by atoms with Gasteiger partial charge >= 0.3 is 0 Å². The number of nitrogens with one attached hydrogen (secondary N) is 1. The van der Waals surface area contributed by atoms with Gasteiger partial charge in [0, 0.05) is 25.2 Å². The van der Waals surface area contributed by atoms with E-state index in [1.807, 2.05) is 48.5 Å². The summed E-state index contributed by atoms with van der Waals surface area (Å²) in [5, 5.41) is 2.94. The highest BCUT2D eigenvalue weighted by Gasteiger charge is 2.34. The molecule has 2 amide bonds. The highest BCUT2D eigenvalue weighted by molar-refractivity contribution is 5.97. The smallest absolute Gasteiger partial charge is 0.229 e. The van der Waals surface area contributed by atoms with Gasteiger partial charge in [-0.15, -0.1) is 0 Å². The Hall–Kier alpha value is -2.82. The average Bonchev–Trinajstić information content (AvgIpc) is 3.03. The fourth-order valence-electron chi connectivity index (χ4n) is 3.25. The van der Waals surface area contributed by atoms with Gasteiger partial charge in [0.25, 0.3) is 0 Å². The molecule has 5 nitrogen and oxygen atoms in total. The van der Waals surface area contributed by atoms with Gasteiger partial charge in [-0.3, -0.25) is 9.59 Å². The first-order valence-corrected chi connectivity index (χ1v) is 9.28. The summed E-state index contributed by atoms with van der Waals surface area (Å²) < 4.78 is 5.15. The fourth-order valence-corrected chi connectivity index (χ4v) is 3.25. The maximum atomic E-state index is 12.6. The molecule has 0 aliphatic carbocycles. The molecule has 142 valence electrons. The van der Waals surface area contributed by atoms with Gasteiger partial charge in [0.2, 0.25) is 11.8 Å². The third-order valence-corrected chi connectivity index (χ3v) is 4.96. The van der Waals surface area contributed by atoms with Gasteiger partial charge in [-0.2, -0.15) is 0 Å². The van der Waals surface area contributed by atoms with Crippen molar-refractivity contribution >= 4 is 17.5 Å². The van der Waals surface area contributed by atoms with Crippen molar-refractivity contribution in [1.29, 1.82) is 0 Å². The molecule has 1 fully saturated rings. The Morgan fingerprint density at radius 2 is 1.81 bits per heavy atom. The van der Waals surface area contributed by atoms with Crippen molar-refractivity contribution < 1.29 is 14.3 Å². The van der Waals surface area contributed by atoms with Crippen LogP contribution in [0.4, 0.5) is 5.69 Å². The predicted molar refractivity (Wildman–Crippen MR) is 106 cm³/mol. The molecule has 3 rings (SSSR count). The number of ether oxygens (including phenoxy) is 1. The Bertz CT molecular complexity index is 797. The monoisotopic (exact) mass is 366 g/mol. The lowest BCUT2D eigenvalue weighted by atomic mass is 10.0. The number of nitrogens with zero attached hydrogens (tertiary/aromatic N) is 1. The minimum Gasteiger partial charge on any atom is -0.497 e. The second-order valence-electron chi connectivity index (χ2n) is 7.29. The molecule has 2 aromatic carbocycles. The molecule has 27 heavy (non-hydrogen) atoms. The van der Waals surface area contributed by atoms with E-state index in [1.165, 1.54) is 5.56 Å². The number of carbonyl (C=O) groups is 2. The third kappa shape index (κ3) is 4.67. The number of amides is 2. The molecule has 0 spiro atoms. The molecule has 0 radical (unpaired) electrons. The largest absolute Gasteiger partial charge is 0.497 e. The van der Waals surface area contributed by atoms with Gasteiger partial charge in [-0.1, -0.05) is 38.1 Å². The van der Waals surface area contributed by atoms with Crippen LogP contribution in [0.5, 0.6) is 5.75 Å². The SMILES string of the molecule is COc1ccc(CN2CC(C(=O)Nc3ccc(C(C)C)cc3)CC2=O)cc1. The maximum absolute atomic E-state index is 12.6. The summed E-state index contributed by atoms with van der Waals surface area (Å²) in [6.07, 6.45) is 0.256. The second kappa shape index (κ2) is 8.25. The predicted octanol–water partition coefficient (Wildman–Crippen LogP) is 3.81. The molecule has 1 heterocycles. The van der Waals surface area contributed by atoms with Crippen molar-refractivity contribution in [2.75, 3.05) is 19.0 Å². The lowest BCUT2D eigenvalue weighted by Crippen LogP contribution is -2.28. The number of methoxy groups -OCH3 is 1. The van der Waals surface area contributed by atoms with Gasteiger partial charge in [0.1, 0.15) is 5.75 Å². The molecule has 1 aliphatic heterocycles. The number of carbonyl (C=O) groups excluding carboxylic acids is 2. The minimum atomic E-state index is -0.319. The molecule has 1 unspecified atom stereocenters. The summed E-state index contributed by atoms with van der Waals surface area (Å²) in [5.41, 5.74) is 3.02. The van der Waals surface area contributed by atoms with Crippen LogP contribution in [-0.2, 0) is 16.1 Å². The van der Waals surface area contributed by atoms with Gasteiger partial charge < -0.3 is 15.0 Å². The van der Waals surface area contributed by atoms with Crippen molar-refractivity contribution in [3.63, 3.8) is 0 Å². The van der Waals surface area contributed by atoms with E-state index in [0.717, 1.165) is 17.0 Å². The average molecular weight is 366 g/mol. The maximum Gasteiger partial charge on any atom is 0.229 e. The number of benzene rings is 2. The van der Waals surface area contributed by atoms with Crippen LogP contribution in [0, 0.1) is 5.92 Å². The van der Waals surface area contributed by atoms with Crippen molar-refractivity contribution in [3.8, 4) is 5.75 Å². The summed E-state index contributed by atoms with van der Waals surface area (Å²) in [4.78, 5) is 26.6. The molecular formula is C22H26N2O3. The number of anilines is 1. The molecule has 1 N–H and O–H groups in total. The van der Waals surface area contributed by atoms with Crippen LogP contribution < -0.4 is 10.1 Å². The Morgan fingerprint density at radius 1 is 1.15 bits per heavy atom. The fraction of sp³-hybridized carbons (Fsp3) is 0.364. The second-order valence-corrected chi connectivity index (χ2v) is 7.29. The molecule has 0 bridgehead atoms. The third-order valence-electron chi connectivity index (χ3n) is 4.96. The molecule has 2 aromatic rings. The van der Waals surface area contributed by atoms with E-state index < -0.39 is 0 Å². The van der Waals surface area contributed by atoms with E-state index >= 15 is 0 Å². The molecule has 1 aliphatic rings. The van der Waals surface area contributed by atoms with E-state index in [1.54, 1.807) is 12.0 Å². The zero-order valence-electron chi connectivity index (χ0n) is 16.1. The number of likely N-dealkylation sites (tertiary alicyclic amines) is 1. The van der Waals surface area contributed by atoms with E-state index in [2.05, 4.69) is 19.2 Å². The van der Waals surface area contributed by atoms with E-state index in [9.17, 15) is 9.59 Å². The minimum absolute atomic E-state index is 0.0149. The molecule has 1 saturated heterocycles. The van der Waals surface area contributed by atoms with Crippen LogP contribution in [0.3, 0.4) is 0 Å². The van der Waals surface area contributed by atoms with Crippen molar-refractivity contribution in [2.24, 2.45) is 5.92 Å². The molecular weight excluding hydrogens is 340 g/mol. The number of rotatable bonds is 6. The summed E-state index contributed by atoms with van der Waals surface area (Å²) in [6.45, 7) is 5.22. The van der Waals surface area contributed by atoms with Crippen LogP contribution in [0.1, 0.15) is 37.3 Å². The molecule has 0 aromatic heterocycles. The molecule has 0 saturated carbocycles. The highest BCUT2D eigenvalue weighted by atomic mass is 16.5. The highest BCUT2D eigenvalue weighted by Crippen LogP contribution is 2.23. The van der Waals surface area contributed by atoms with Crippen LogP contribution in [0.25, 0.3) is 0 Å². The zero-order valence-corrected chi connectivity index (χ0v) is 16.1. The summed E-state index contributed by atoms with van der Waals surface area (Å²) in [6, 6.07) is 15.5. The van der Waals surface area contributed by atoms with Crippen molar-refractivity contribution in [1.82, 2.24) is 4.90 Å². The Balaban J connectivity index is 1.57. The standard InChI is InChI=1S/C22H26N2O3/c1-15(2)17-6-8-19(9-7-17)23-22(26)18-12-21(25)24(14-18)13-16-4-10-20(27-3)11-5-16/h4-11,15,18H,12-14H2,1-3H3,(H,23,26). The topological polar surface area (TPSA) is 58.6 Å². The van der Waals surface area contributed by atoms with Gasteiger partial charge in [0.15, 0.2) is 0 Å². The van der Waals surface area contributed by atoms with Gasteiger partial charge in [-0.25, -0.2) is 0 Å². The first-order valence-electron chi connectivity index (χ1n) is 9.28. The number of hydrogen-bond acceptors (Lipinski definition) is 3. The Morgan fingerprint density at radius 3 is 2.41 bits per heavy atom. The van der Waals surface area contributed by atoms with Gasteiger partial charge in [-0.05, 0) is 41.3 Å². The van der Waals surface area contributed by atoms with Crippen LogP contribution in [0.2, 0.25) is 0 Å². The summed E-state index contributed by atoms with van der Waals surface area (Å²) in [5.74, 6) is 0.834. The van der Waals surface area contributed by atoms with Crippen LogP contribution >= 0.6 is 0 Å². The lowest BCUT2D eigenvalue weighted by molar-refractivity contribution is -0.128. The first-order chi connectivity index (χ1) is 13.0. The first kappa shape index (κ1) is 19.0. The summed E-state index contributed by atoms with van der Waals surface area (Å²) in [7, 11) is 1.62. The van der Waals surface area contributed by atoms with Crippen LogP contribution in [-0.4, -0.2) is 30.4 Å². The Kier molecular flexibility index (Phi) is 5.79. The zero-order chi connectivity index (χ0) is 19.4. The lowest BCUT2D eigenvalue weighted by Gasteiger charge is -2.17. The van der Waals surface area contributed by atoms with Crippen molar-refractivity contribution in [3.05, 3.63) is 59.7 Å². The molecule has 1 atom stereocenters.